The minimum Gasteiger partial charge on any atom is -0.481 e. The molecule has 0 unspecified atom stereocenters. The van der Waals surface area contributed by atoms with E-state index in [0.29, 0.717) is 6.42 Å². The fourth-order valence-corrected chi connectivity index (χ4v) is 1.14. The summed E-state index contributed by atoms with van der Waals surface area (Å²) < 4.78 is 4.45. The monoisotopic (exact) mass is 158 g/mol. The van der Waals surface area contributed by atoms with Crippen LogP contribution in [-0.2, 0) is 14.3 Å². The first kappa shape index (κ1) is 8.04. The van der Waals surface area contributed by atoms with E-state index in [9.17, 15) is 9.59 Å². The molecule has 1 rings (SSSR count). The molecular weight excluding hydrogens is 148 g/mol. The Morgan fingerprint density at radius 1 is 1.64 bits per heavy atom. The molecule has 0 aromatic carbocycles. The van der Waals surface area contributed by atoms with Gasteiger partial charge in [0, 0.05) is 6.42 Å². The zero-order valence-corrected chi connectivity index (χ0v) is 6.24. The SMILES string of the molecule is COC(=O)[C@H]1C[C@@H]1CC(=O)O. The van der Waals surface area contributed by atoms with Gasteiger partial charge < -0.3 is 9.84 Å². The number of ether oxygens (including phenoxy) is 1. The van der Waals surface area contributed by atoms with Crippen molar-refractivity contribution in [2.24, 2.45) is 11.8 Å². The third kappa shape index (κ3) is 1.93. The van der Waals surface area contributed by atoms with E-state index >= 15 is 0 Å². The standard InChI is InChI=1S/C7H10O4/c1-11-7(10)5-2-4(5)3-6(8)9/h4-5H,2-3H2,1H3,(H,8,9)/t4-,5+/m1/s1. The first-order valence-electron chi connectivity index (χ1n) is 3.44. The molecule has 0 saturated heterocycles. The van der Waals surface area contributed by atoms with Crippen LogP contribution in [0.1, 0.15) is 12.8 Å². The van der Waals surface area contributed by atoms with Gasteiger partial charge in [-0.2, -0.15) is 0 Å². The molecule has 1 aliphatic rings. The molecule has 0 heterocycles. The number of carbonyl (C=O) groups excluding carboxylic acids is 1. The summed E-state index contributed by atoms with van der Waals surface area (Å²) in [5.41, 5.74) is 0. The maximum atomic E-state index is 10.8. The van der Waals surface area contributed by atoms with Crippen LogP contribution in [0, 0.1) is 11.8 Å². The van der Waals surface area contributed by atoms with Crippen molar-refractivity contribution in [3.8, 4) is 0 Å². The van der Waals surface area contributed by atoms with Gasteiger partial charge in [-0.05, 0) is 12.3 Å². The maximum absolute atomic E-state index is 10.8. The van der Waals surface area contributed by atoms with Crippen LogP contribution in [0.2, 0.25) is 0 Å². The predicted octanol–water partition coefficient (Wildman–Crippen LogP) is 0.270. The molecule has 0 aliphatic heterocycles. The lowest BCUT2D eigenvalue weighted by Crippen LogP contribution is -2.06. The van der Waals surface area contributed by atoms with Gasteiger partial charge in [-0.1, -0.05) is 0 Å². The van der Waals surface area contributed by atoms with Gasteiger partial charge in [-0.25, -0.2) is 0 Å². The molecule has 0 amide bonds. The molecule has 62 valence electrons. The molecule has 0 bridgehead atoms. The lowest BCUT2D eigenvalue weighted by molar-refractivity contribution is -0.142. The third-order valence-corrected chi connectivity index (χ3v) is 1.86. The zero-order chi connectivity index (χ0) is 8.43. The fourth-order valence-electron chi connectivity index (χ4n) is 1.14. The van der Waals surface area contributed by atoms with Gasteiger partial charge in [0.25, 0.3) is 0 Å². The number of carboxylic acid groups (broad SMARTS) is 1. The van der Waals surface area contributed by atoms with Gasteiger partial charge in [-0.3, -0.25) is 9.59 Å². The summed E-state index contributed by atoms with van der Waals surface area (Å²) in [7, 11) is 1.32. The molecule has 0 aromatic rings. The molecule has 1 fully saturated rings. The van der Waals surface area contributed by atoms with E-state index < -0.39 is 5.97 Å². The quantitative estimate of drug-likeness (QED) is 0.599. The van der Waals surface area contributed by atoms with E-state index in [4.69, 9.17) is 5.11 Å². The molecule has 0 radical (unpaired) electrons. The number of methoxy groups -OCH3 is 1. The van der Waals surface area contributed by atoms with E-state index in [-0.39, 0.29) is 24.2 Å². The van der Waals surface area contributed by atoms with Crippen molar-refractivity contribution in [3.63, 3.8) is 0 Å². The fraction of sp³-hybridized carbons (Fsp3) is 0.714. The third-order valence-electron chi connectivity index (χ3n) is 1.86. The second kappa shape index (κ2) is 2.90. The Balaban J connectivity index is 2.26. The summed E-state index contributed by atoms with van der Waals surface area (Å²) in [6, 6.07) is 0. The largest absolute Gasteiger partial charge is 0.481 e. The topological polar surface area (TPSA) is 63.6 Å². The van der Waals surface area contributed by atoms with Gasteiger partial charge in [-0.15, -0.1) is 0 Å². The van der Waals surface area contributed by atoms with E-state index in [0.717, 1.165) is 0 Å². The molecule has 4 heteroatoms. The highest BCUT2D eigenvalue weighted by Gasteiger charge is 2.44. The van der Waals surface area contributed by atoms with E-state index in [1.165, 1.54) is 7.11 Å². The van der Waals surface area contributed by atoms with Crippen molar-refractivity contribution in [1.29, 1.82) is 0 Å². The van der Waals surface area contributed by atoms with Crippen molar-refractivity contribution in [2.45, 2.75) is 12.8 Å². The minimum atomic E-state index is -0.846. The van der Waals surface area contributed by atoms with Gasteiger partial charge in [0.15, 0.2) is 0 Å². The first-order valence-corrected chi connectivity index (χ1v) is 3.44. The highest BCUT2D eigenvalue weighted by Crippen LogP contribution is 2.41. The Morgan fingerprint density at radius 2 is 2.27 bits per heavy atom. The lowest BCUT2D eigenvalue weighted by Gasteiger charge is -1.94. The number of esters is 1. The first-order chi connectivity index (χ1) is 5.15. The summed E-state index contributed by atoms with van der Waals surface area (Å²) in [5, 5.41) is 8.34. The minimum absolute atomic E-state index is 0.0138. The second-order valence-electron chi connectivity index (χ2n) is 2.72. The van der Waals surface area contributed by atoms with Crippen LogP contribution < -0.4 is 0 Å². The normalized spacial score (nSPS) is 27.7. The van der Waals surface area contributed by atoms with Crippen molar-refractivity contribution in [2.75, 3.05) is 7.11 Å². The number of aliphatic carboxylic acids is 1. The number of rotatable bonds is 3. The van der Waals surface area contributed by atoms with Gasteiger partial charge in [0.1, 0.15) is 0 Å². The van der Waals surface area contributed by atoms with Crippen molar-refractivity contribution >= 4 is 11.9 Å². The summed E-state index contributed by atoms with van der Waals surface area (Å²) in [6.07, 6.45) is 0.749. The number of hydrogen-bond acceptors (Lipinski definition) is 3. The van der Waals surface area contributed by atoms with Crippen LogP contribution in [-0.4, -0.2) is 24.2 Å². The second-order valence-corrected chi connectivity index (χ2v) is 2.72. The maximum Gasteiger partial charge on any atom is 0.308 e. The van der Waals surface area contributed by atoms with Crippen LogP contribution in [0.15, 0.2) is 0 Å². The van der Waals surface area contributed by atoms with Crippen LogP contribution in [0.4, 0.5) is 0 Å². The van der Waals surface area contributed by atoms with Crippen LogP contribution in [0.5, 0.6) is 0 Å². The molecular formula is C7H10O4. The molecule has 1 N–H and O–H groups in total. The molecule has 1 saturated carbocycles. The molecule has 2 atom stereocenters. The average Bonchev–Trinajstić information content (AvgIpc) is 2.65. The van der Waals surface area contributed by atoms with E-state index in [2.05, 4.69) is 4.74 Å². The predicted molar refractivity (Wildman–Crippen MR) is 35.9 cm³/mol. The molecule has 1 aliphatic carbocycles. The molecule has 0 spiro atoms. The Labute approximate surface area is 64.2 Å². The summed E-state index contributed by atoms with van der Waals surface area (Å²) >= 11 is 0. The number of carbonyl (C=O) groups is 2. The smallest absolute Gasteiger partial charge is 0.308 e. The zero-order valence-electron chi connectivity index (χ0n) is 6.24. The highest BCUT2D eigenvalue weighted by molar-refractivity contribution is 5.77. The number of hydrogen-bond donors (Lipinski definition) is 1. The summed E-state index contributed by atoms with van der Waals surface area (Å²) in [5.74, 6) is -1.27. The van der Waals surface area contributed by atoms with E-state index in [1.54, 1.807) is 0 Å². The number of carboxylic acids is 1. The highest BCUT2D eigenvalue weighted by atomic mass is 16.5. The summed E-state index contributed by atoms with van der Waals surface area (Å²) in [4.78, 5) is 20.9. The van der Waals surface area contributed by atoms with Crippen LogP contribution in [0.3, 0.4) is 0 Å². The Morgan fingerprint density at radius 3 is 2.73 bits per heavy atom. The van der Waals surface area contributed by atoms with Crippen LogP contribution in [0.25, 0.3) is 0 Å². The van der Waals surface area contributed by atoms with Crippen molar-refractivity contribution in [3.05, 3.63) is 0 Å². The Bertz CT molecular complexity index is 187. The molecule has 11 heavy (non-hydrogen) atoms. The lowest BCUT2D eigenvalue weighted by atomic mass is 10.2. The van der Waals surface area contributed by atoms with Gasteiger partial charge in [0.05, 0.1) is 13.0 Å². The summed E-state index contributed by atoms with van der Waals surface area (Å²) in [6.45, 7) is 0. The Kier molecular flexibility index (Phi) is 2.12. The van der Waals surface area contributed by atoms with Crippen molar-refractivity contribution < 1.29 is 19.4 Å². The van der Waals surface area contributed by atoms with Gasteiger partial charge >= 0.3 is 11.9 Å². The van der Waals surface area contributed by atoms with Gasteiger partial charge in [0.2, 0.25) is 0 Å². The van der Waals surface area contributed by atoms with Crippen molar-refractivity contribution in [1.82, 2.24) is 0 Å². The Hall–Kier alpha value is -1.06. The molecule has 4 nitrogen and oxygen atoms in total. The average molecular weight is 158 g/mol. The molecule has 0 aromatic heterocycles. The van der Waals surface area contributed by atoms with Crippen LogP contribution >= 0.6 is 0 Å². The van der Waals surface area contributed by atoms with E-state index in [1.807, 2.05) is 0 Å².